The van der Waals surface area contributed by atoms with Gasteiger partial charge < -0.3 is 5.11 Å². The molecule has 0 fully saturated rings. The second kappa shape index (κ2) is 7.09. The standard InChI is InChI=1S/C17H16O3S/c1-12-2-8-15(9-3-12)21-11-10-16(18)13-4-6-14(7-5-13)17(19)20/h2-9H,10-11H2,1H3,(H,19,20). The highest BCUT2D eigenvalue weighted by Gasteiger charge is 2.08. The molecule has 0 aliphatic rings. The van der Waals surface area contributed by atoms with Gasteiger partial charge in [-0.05, 0) is 31.2 Å². The minimum atomic E-state index is -0.982. The molecule has 0 heterocycles. The van der Waals surface area contributed by atoms with E-state index < -0.39 is 5.97 Å². The molecule has 0 aliphatic carbocycles. The van der Waals surface area contributed by atoms with Crippen molar-refractivity contribution in [2.45, 2.75) is 18.2 Å². The number of aromatic carboxylic acids is 1. The van der Waals surface area contributed by atoms with Gasteiger partial charge in [0, 0.05) is 22.6 Å². The van der Waals surface area contributed by atoms with Gasteiger partial charge in [0.25, 0.3) is 0 Å². The summed E-state index contributed by atoms with van der Waals surface area (Å²) in [6.45, 7) is 2.04. The molecule has 1 N–H and O–H groups in total. The van der Waals surface area contributed by atoms with E-state index in [-0.39, 0.29) is 11.3 Å². The molecule has 0 radical (unpaired) electrons. The van der Waals surface area contributed by atoms with E-state index in [1.54, 1.807) is 23.9 Å². The van der Waals surface area contributed by atoms with Crippen LogP contribution in [0.5, 0.6) is 0 Å². The van der Waals surface area contributed by atoms with Crippen LogP contribution in [0, 0.1) is 6.92 Å². The number of carboxylic acids is 1. The second-order valence-electron chi connectivity index (χ2n) is 4.72. The van der Waals surface area contributed by atoms with Crippen molar-refractivity contribution in [2.24, 2.45) is 0 Å². The summed E-state index contributed by atoms with van der Waals surface area (Å²) in [6, 6.07) is 14.3. The van der Waals surface area contributed by atoms with Crippen LogP contribution < -0.4 is 0 Å². The van der Waals surface area contributed by atoms with Gasteiger partial charge in [0.1, 0.15) is 0 Å². The molecule has 0 atom stereocenters. The van der Waals surface area contributed by atoms with Gasteiger partial charge in [0.05, 0.1) is 5.56 Å². The van der Waals surface area contributed by atoms with Gasteiger partial charge in [-0.2, -0.15) is 0 Å². The summed E-state index contributed by atoms with van der Waals surface area (Å²) in [5, 5.41) is 8.81. The zero-order valence-corrected chi connectivity index (χ0v) is 12.5. The lowest BCUT2D eigenvalue weighted by Crippen LogP contribution is -2.02. The molecule has 0 unspecified atom stereocenters. The first-order chi connectivity index (χ1) is 10.1. The SMILES string of the molecule is Cc1ccc(SCCC(=O)c2ccc(C(=O)O)cc2)cc1. The number of carbonyl (C=O) groups excluding carboxylic acids is 1. The average molecular weight is 300 g/mol. The zero-order valence-electron chi connectivity index (χ0n) is 11.7. The lowest BCUT2D eigenvalue weighted by Gasteiger charge is -2.03. The maximum Gasteiger partial charge on any atom is 0.335 e. The summed E-state index contributed by atoms with van der Waals surface area (Å²) in [4.78, 5) is 23.9. The number of aryl methyl sites for hydroxylation is 1. The summed E-state index contributed by atoms with van der Waals surface area (Å²) in [5.74, 6) is -0.238. The topological polar surface area (TPSA) is 54.4 Å². The number of hydrogen-bond donors (Lipinski definition) is 1. The van der Waals surface area contributed by atoms with Crippen molar-refractivity contribution in [3.05, 3.63) is 65.2 Å². The lowest BCUT2D eigenvalue weighted by atomic mass is 10.1. The Labute approximate surface area is 128 Å². The maximum absolute atomic E-state index is 12.0. The molecule has 0 aliphatic heterocycles. The molecule has 4 heteroatoms. The van der Waals surface area contributed by atoms with Gasteiger partial charge in [0.2, 0.25) is 0 Å². The van der Waals surface area contributed by atoms with Crippen LogP contribution in [0.3, 0.4) is 0 Å². The van der Waals surface area contributed by atoms with E-state index in [0.717, 1.165) is 4.90 Å². The molecule has 21 heavy (non-hydrogen) atoms. The van der Waals surface area contributed by atoms with Crippen LogP contribution in [0.15, 0.2) is 53.4 Å². The molecule has 0 aromatic heterocycles. The first-order valence-electron chi connectivity index (χ1n) is 6.62. The van der Waals surface area contributed by atoms with Crippen LogP contribution in [0.1, 0.15) is 32.7 Å². The van der Waals surface area contributed by atoms with Crippen molar-refractivity contribution in [3.63, 3.8) is 0 Å². The van der Waals surface area contributed by atoms with Gasteiger partial charge in [0.15, 0.2) is 5.78 Å². The fourth-order valence-corrected chi connectivity index (χ4v) is 2.69. The van der Waals surface area contributed by atoms with Crippen LogP contribution in [0.2, 0.25) is 0 Å². The van der Waals surface area contributed by atoms with Crippen molar-refractivity contribution in [1.82, 2.24) is 0 Å². The number of thioether (sulfide) groups is 1. The van der Waals surface area contributed by atoms with Crippen molar-refractivity contribution >= 4 is 23.5 Å². The highest BCUT2D eigenvalue weighted by molar-refractivity contribution is 7.99. The van der Waals surface area contributed by atoms with Crippen LogP contribution in [-0.4, -0.2) is 22.6 Å². The molecule has 108 valence electrons. The summed E-state index contributed by atoms with van der Waals surface area (Å²) in [5.41, 5.74) is 1.97. The van der Waals surface area contributed by atoms with E-state index >= 15 is 0 Å². The van der Waals surface area contributed by atoms with Gasteiger partial charge >= 0.3 is 5.97 Å². The van der Waals surface area contributed by atoms with E-state index in [0.29, 0.717) is 17.7 Å². The molecule has 2 aromatic rings. The van der Waals surface area contributed by atoms with Crippen molar-refractivity contribution in [2.75, 3.05) is 5.75 Å². The number of hydrogen-bond acceptors (Lipinski definition) is 3. The Hall–Kier alpha value is -2.07. The van der Waals surface area contributed by atoms with Gasteiger partial charge in [-0.25, -0.2) is 4.79 Å². The number of rotatable bonds is 6. The minimum Gasteiger partial charge on any atom is -0.478 e. The highest BCUT2D eigenvalue weighted by atomic mass is 32.2. The number of carboxylic acid groups (broad SMARTS) is 1. The van der Waals surface area contributed by atoms with Crippen molar-refractivity contribution in [1.29, 1.82) is 0 Å². The molecular formula is C17H16O3S. The fourth-order valence-electron chi connectivity index (χ4n) is 1.84. The molecule has 0 saturated carbocycles. The Balaban J connectivity index is 1.86. The van der Waals surface area contributed by atoms with E-state index in [2.05, 4.69) is 12.1 Å². The first-order valence-corrected chi connectivity index (χ1v) is 7.61. The molecule has 0 amide bonds. The number of ketones is 1. The molecule has 3 nitrogen and oxygen atoms in total. The Bertz CT molecular complexity index is 630. The minimum absolute atomic E-state index is 0.0338. The van der Waals surface area contributed by atoms with Gasteiger partial charge in [-0.1, -0.05) is 29.8 Å². The number of benzene rings is 2. The van der Waals surface area contributed by atoms with Crippen molar-refractivity contribution < 1.29 is 14.7 Å². The summed E-state index contributed by atoms with van der Waals surface area (Å²) < 4.78 is 0. The monoisotopic (exact) mass is 300 g/mol. The Morgan fingerprint density at radius 1 is 0.952 bits per heavy atom. The smallest absolute Gasteiger partial charge is 0.335 e. The predicted molar refractivity (Wildman–Crippen MR) is 84.3 cm³/mol. The third kappa shape index (κ3) is 4.46. The predicted octanol–water partition coefficient (Wildman–Crippen LogP) is 4.06. The summed E-state index contributed by atoms with van der Waals surface area (Å²) >= 11 is 1.65. The molecule has 2 rings (SSSR count). The third-order valence-corrected chi connectivity index (χ3v) is 4.09. The van der Waals surface area contributed by atoms with Crippen LogP contribution in [-0.2, 0) is 0 Å². The molecule has 0 spiro atoms. The van der Waals surface area contributed by atoms with E-state index in [1.165, 1.54) is 17.7 Å². The van der Waals surface area contributed by atoms with Crippen LogP contribution >= 0.6 is 11.8 Å². The average Bonchev–Trinajstić information content (AvgIpc) is 2.49. The molecule has 0 saturated heterocycles. The van der Waals surface area contributed by atoms with Gasteiger partial charge in [-0.15, -0.1) is 11.8 Å². The quantitative estimate of drug-likeness (QED) is 0.645. The normalized spacial score (nSPS) is 10.3. The second-order valence-corrected chi connectivity index (χ2v) is 5.89. The van der Waals surface area contributed by atoms with Crippen LogP contribution in [0.4, 0.5) is 0 Å². The Morgan fingerprint density at radius 2 is 1.52 bits per heavy atom. The number of carbonyl (C=O) groups is 2. The van der Waals surface area contributed by atoms with E-state index in [4.69, 9.17) is 5.11 Å². The summed E-state index contributed by atoms with van der Waals surface area (Å²) in [7, 11) is 0. The molecular weight excluding hydrogens is 284 g/mol. The van der Waals surface area contributed by atoms with E-state index in [1.807, 2.05) is 19.1 Å². The summed E-state index contributed by atoms with van der Waals surface area (Å²) in [6.07, 6.45) is 0.435. The van der Waals surface area contributed by atoms with Crippen molar-refractivity contribution in [3.8, 4) is 0 Å². The highest BCUT2D eigenvalue weighted by Crippen LogP contribution is 2.20. The Kier molecular flexibility index (Phi) is 5.17. The van der Waals surface area contributed by atoms with E-state index in [9.17, 15) is 9.59 Å². The molecule has 0 bridgehead atoms. The lowest BCUT2D eigenvalue weighted by molar-refractivity contribution is 0.0696. The number of Topliss-reactive ketones (excluding diaryl/α,β-unsaturated/α-hetero) is 1. The van der Waals surface area contributed by atoms with Crippen LogP contribution in [0.25, 0.3) is 0 Å². The third-order valence-electron chi connectivity index (χ3n) is 3.07. The zero-order chi connectivity index (χ0) is 15.2. The van der Waals surface area contributed by atoms with Gasteiger partial charge in [-0.3, -0.25) is 4.79 Å². The first kappa shape index (κ1) is 15.3. The molecule has 2 aromatic carbocycles. The maximum atomic E-state index is 12.0. The largest absolute Gasteiger partial charge is 0.478 e. The Morgan fingerprint density at radius 3 is 2.10 bits per heavy atom. The fraction of sp³-hybridized carbons (Fsp3) is 0.176.